The van der Waals surface area contributed by atoms with E-state index in [1.165, 1.54) is 0 Å². The van der Waals surface area contributed by atoms with Gasteiger partial charge in [0.05, 0.1) is 13.2 Å². The summed E-state index contributed by atoms with van der Waals surface area (Å²) in [6, 6.07) is 0. The van der Waals surface area contributed by atoms with Gasteiger partial charge in [0, 0.05) is 7.11 Å². The average molecular weight is 118 g/mol. The van der Waals surface area contributed by atoms with E-state index in [9.17, 15) is 0 Å². The summed E-state index contributed by atoms with van der Waals surface area (Å²) in [5.41, 5.74) is 0. The van der Waals surface area contributed by atoms with Crippen molar-refractivity contribution in [3.8, 4) is 0 Å². The Kier molecular flexibility index (Phi) is 1.83. The number of aliphatic hydroxyl groups excluding tert-OH is 1. The Morgan fingerprint density at radius 1 is 2.00 bits per heavy atom. The molecule has 0 bridgehead atoms. The predicted octanol–water partition coefficient (Wildman–Crippen LogP) is -0.608. The lowest BCUT2D eigenvalue weighted by atomic mass is 10.3. The summed E-state index contributed by atoms with van der Waals surface area (Å²) in [6.07, 6.45) is 0.0556. The molecule has 1 fully saturated rings. The minimum Gasteiger partial charge on any atom is -0.394 e. The van der Waals surface area contributed by atoms with Crippen molar-refractivity contribution in [3.63, 3.8) is 0 Å². The standard InChI is InChI=1S/C5H10O3/c1-7-4(2-6)5-3-8-5/h4-6H,2-3H2,1H3. The van der Waals surface area contributed by atoms with Crippen molar-refractivity contribution in [2.75, 3.05) is 20.3 Å². The summed E-state index contributed by atoms with van der Waals surface area (Å²) >= 11 is 0. The third-order valence-electron chi connectivity index (χ3n) is 1.26. The molecule has 0 aromatic heterocycles. The minimum atomic E-state index is -0.102. The molecule has 0 radical (unpaired) electrons. The van der Waals surface area contributed by atoms with Crippen LogP contribution in [0.5, 0.6) is 0 Å². The van der Waals surface area contributed by atoms with Crippen LogP contribution in [0.4, 0.5) is 0 Å². The van der Waals surface area contributed by atoms with Crippen molar-refractivity contribution < 1.29 is 14.6 Å². The maximum Gasteiger partial charge on any atom is 0.109 e. The zero-order valence-electron chi connectivity index (χ0n) is 4.83. The molecule has 1 aliphatic rings. The van der Waals surface area contributed by atoms with Crippen molar-refractivity contribution in [2.45, 2.75) is 12.2 Å². The lowest BCUT2D eigenvalue weighted by Crippen LogP contribution is -2.21. The predicted molar refractivity (Wildman–Crippen MR) is 27.6 cm³/mol. The molecule has 8 heavy (non-hydrogen) atoms. The fraction of sp³-hybridized carbons (Fsp3) is 1.00. The number of hydrogen-bond donors (Lipinski definition) is 1. The van der Waals surface area contributed by atoms with Crippen molar-refractivity contribution >= 4 is 0 Å². The average Bonchev–Trinajstić information content (AvgIpc) is 2.53. The zero-order valence-corrected chi connectivity index (χ0v) is 4.83. The zero-order chi connectivity index (χ0) is 5.98. The summed E-state index contributed by atoms with van der Waals surface area (Å²) in [7, 11) is 1.57. The van der Waals surface area contributed by atoms with Gasteiger partial charge in [0.25, 0.3) is 0 Å². The SMILES string of the molecule is COC(CO)C1CO1. The van der Waals surface area contributed by atoms with Crippen LogP contribution in [-0.4, -0.2) is 37.6 Å². The second kappa shape index (κ2) is 2.44. The summed E-state index contributed by atoms with van der Waals surface area (Å²) < 4.78 is 9.72. The van der Waals surface area contributed by atoms with Gasteiger partial charge in [0.2, 0.25) is 0 Å². The van der Waals surface area contributed by atoms with Crippen LogP contribution in [0.15, 0.2) is 0 Å². The fourth-order valence-corrected chi connectivity index (χ4v) is 0.614. The van der Waals surface area contributed by atoms with Gasteiger partial charge in [-0.15, -0.1) is 0 Å². The van der Waals surface area contributed by atoms with Gasteiger partial charge in [0.15, 0.2) is 0 Å². The van der Waals surface area contributed by atoms with E-state index in [1.54, 1.807) is 7.11 Å². The second-order valence-corrected chi connectivity index (χ2v) is 1.83. The molecular weight excluding hydrogens is 108 g/mol. The second-order valence-electron chi connectivity index (χ2n) is 1.83. The molecule has 1 aliphatic heterocycles. The molecule has 1 heterocycles. The van der Waals surface area contributed by atoms with Gasteiger partial charge in [-0.05, 0) is 0 Å². The third-order valence-corrected chi connectivity index (χ3v) is 1.26. The van der Waals surface area contributed by atoms with Gasteiger partial charge < -0.3 is 14.6 Å². The fourth-order valence-electron chi connectivity index (χ4n) is 0.614. The Labute approximate surface area is 48.2 Å². The van der Waals surface area contributed by atoms with E-state index in [2.05, 4.69) is 0 Å². The maximum absolute atomic E-state index is 8.53. The normalized spacial score (nSPS) is 30.0. The van der Waals surface area contributed by atoms with Gasteiger partial charge in [-0.3, -0.25) is 0 Å². The largest absolute Gasteiger partial charge is 0.394 e. The third kappa shape index (κ3) is 1.18. The van der Waals surface area contributed by atoms with Crippen LogP contribution >= 0.6 is 0 Å². The summed E-state index contributed by atoms with van der Waals surface area (Å²) in [5, 5.41) is 8.53. The van der Waals surface area contributed by atoms with Crippen molar-refractivity contribution in [1.29, 1.82) is 0 Å². The monoisotopic (exact) mass is 118 g/mol. The molecule has 1 rings (SSSR count). The number of aliphatic hydroxyl groups is 1. The van der Waals surface area contributed by atoms with Crippen LogP contribution < -0.4 is 0 Å². The van der Waals surface area contributed by atoms with Crippen LogP contribution in [-0.2, 0) is 9.47 Å². The van der Waals surface area contributed by atoms with E-state index < -0.39 is 0 Å². The van der Waals surface area contributed by atoms with E-state index in [0.29, 0.717) is 0 Å². The molecular formula is C5H10O3. The van der Waals surface area contributed by atoms with Crippen LogP contribution in [0.3, 0.4) is 0 Å². The first-order valence-electron chi connectivity index (χ1n) is 2.63. The highest BCUT2D eigenvalue weighted by Gasteiger charge is 2.31. The van der Waals surface area contributed by atoms with Crippen LogP contribution in [0.25, 0.3) is 0 Å². The number of methoxy groups -OCH3 is 1. The van der Waals surface area contributed by atoms with Crippen LogP contribution in [0, 0.1) is 0 Å². The first kappa shape index (κ1) is 6.01. The number of rotatable bonds is 3. The van der Waals surface area contributed by atoms with Gasteiger partial charge in [-0.25, -0.2) is 0 Å². The summed E-state index contributed by atoms with van der Waals surface area (Å²) in [6.45, 7) is 0.792. The van der Waals surface area contributed by atoms with E-state index in [-0.39, 0.29) is 18.8 Å². The number of epoxide rings is 1. The van der Waals surface area contributed by atoms with Crippen LogP contribution in [0.2, 0.25) is 0 Å². The van der Waals surface area contributed by atoms with E-state index in [1.807, 2.05) is 0 Å². The Morgan fingerprint density at radius 3 is 2.75 bits per heavy atom. The molecule has 2 atom stereocenters. The lowest BCUT2D eigenvalue weighted by molar-refractivity contribution is 0.0293. The van der Waals surface area contributed by atoms with Crippen LogP contribution in [0.1, 0.15) is 0 Å². The molecule has 1 N–H and O–H groups in total. The van der Waals surface area contributed by atoms with E-state index in [4.69, 9.17) is 14.6 Å². The van der Waals surface area contributed by atoms with Gasteiger partial charge >= 0.3 is 0 Å². The first-order valence-corrected chi connectivity index (χ1v) is 2.63. The Hall–Kier alpha value is -0.120. The van der Waals surface area contributed by atoms with Crippen molar-refractivity contribution in [2.24, 2.45) is 0 Å². The highest BCUT2D eigenvalue weighted by Crippen LogP contribution is 2.15. The molecule has 48 valence electrons. The van der Waals surface area contributed by atoms with E-state index in [0.717, 1.165) is 6.61 Å². The Bertz CT molecular complexity index is 66.1. The molecule has 0 saturated carbocycles. The molecule has 0 aromatic rings. The maximum atomic E-state index is 8.53. The van der Waals surface area contributed by atoms with Crippen molar-refractivity contribution in [1.82, 2.24) is 0 Å². The minimum absolute atomic E-state index is 0.0567. The molecule has 0 amide bonds. The Morgan fingerprint density at radius 2 is 2.62 bits per heavy atom. The lowest BCUT2D eigenvalue weighted by Gasteiger charge is -2.06. The topological polar surface area (TPSA) is 42.0 Å². The van der Waals surface area contributed by atoms with Gasteiger partial charge in [-0.2, -0.15) is 0 Å². The van der Waals surface area contributed by atoms with Gasteiger partial charge in [0.1, 0.15) is 12.2 Å². The highest BCUT2D eigenvalue weighted by atomic mass is 16.6. The number of hydrogen-bond acceptors (Lipinski definition) is 3. The van der Waals surface area contributed by atoms with Gasteiger partial charge in [-0.1, -0.05) is 0 Å². The quantitative estimate of drug-likeness (QED) is 0.503. The smallest absolute Gasteiger partial charge is 0.109 e. The molecule has 0 spiro atoms. The molecule has 2 unspecified atom stereocenters. The molecule has 3 nitrogen and oxygen atoms in total. The summed E-state index contributed by atoms with van der Waals surface area (Å²) in [5.74, 6) is 0. The summed E-state index contributed by atoms with van der Waals surface area (Å²) in [4.78, 5) is 0. The molecule has 1 saturated heterocycles. The number of ether oxygens (including phenoxy) is 2. The molecule has 0 aromatic carbocycles. The first-order chi connectivity index (χ1) is 3.88. The Balaban J connectivity index is 2.15. The highest BCUT2D eigenvalue weighted by molar-refractivity contribution is 4.78. The van der Waals surface area contributed by atoms with Crippen molar-refractivity contribution in [3.05, 3.63) is 0 Å². The van der Waals surface area contributed by atoms with E-state index >= 15 is 0 Å². The molecule has 3 heteroatoms. The molecule has 0 aliphatic carbocycles.